The predicted molar refractivity (Wildman–Crippen MR) is 77.4 cm³/mol. The zero-order valence-electron chi connectivity index (χ0n) is 11.7. The average Bonchev–Trinajstić information content (AvgIpc) is 2.48. The number of halogens is 1. The Kier molecular flexibility index (Phi) is 4.29. The van der Waals surface area contributed by atoms with Crippen molar-refractivity contribution in [2.75, 3.05) is 6.26 Å². The van der Waals surface area contributed by atoms with Crippen molar-refractivity contribution in [3.63, 3.8) is 0 Å². The van der Waals surface area contributed by atoms with Gasteiger partial charge in [0.15, 0.2) is 21.4 Å². The summed E-state index contributed by atoms with van der Waals surface area (Å²) in [5, 5.41) is 19.7. The maximum absolute atomic E-state index is 13.8. The second-order valence-electron chi connectivity index (χ2n) is 4.52. The number of benzene rings is 2. The van der Waals surface area contributed by atoms with Crippen LogP contribution in [0.5, 0.6) is 11.5 Å². The van der Waals surface area contributed by atoms with Crippen molar-refractivity contribution in [3.05, 3.63) is 57.9 Å². The van der Waals surface area contributed by atoms with Crippen LogP contribution in [0.2, 0.25) is 0 Å². The van der Waals surface area contributed by atoms with E-state index in [9.17, 15) is 22.9 Å². The average molecular weight is 336 g/mol. The lowest BCUT2D eigenvalue weighted by molar-refractivity contribution is -0.385. The second kappa shape index (κ2) is 6.02. The van der Waals surface area contributed by atoms with Crippen LogP contribution in [0.1, 0.15) is 5.56 Å². The van der Waals surface area contributed by atoms with Crippen molar-refractivity contribution in [2.45, 2.75) is 4.90 Å². The second-order valence-corrected chi connectivity index (χ2v) is 6.53. The normalized spacial score (nSPS) is 10.8. The Morgan fingerprint density at radius 3 is 2.39 bits per heavy atom. The van der Waals surface area contributed by atoms with Crippen LogP contribution in [-0.4, -0.2) is 19.6 Å². The van der Waals surface area contributed by atoms with Gasteiger partial charge in [-0.3, -0.25) is 10.1 Å². The fourth-order valence-electron chi connectivity index (χ4n) is 1.73. The van der Waals surface area contributed by atoms with Crippen LogP contribution in [0.4, 0.5) is 10.1 Å². The van der Waals surface area contributed by atoms with Gasteiger partial charge in [0.25, 0.3) is 0 Å². The van der Waals surface area contributed by atoms with Gasteiger partial charge in [-0.15, -0.1) is 0 Å². The predicted octanol–water partition coefficient (Wildman–Crippen LogP) is 2.80. The molecular weight excluding hydrogens is 327 g/mol. The summed E-state index contributed by atoms with van der Waals surface area (Å²) in [6.45, 7) is 0. The molecule has 0 bridgehead atoms. The summed E-state index contributed by atoms with van der Waals surface area (Å²) in [5.74, 6) is -1.50. The molecule has 0 aliphatic heterocycles. The Balaban J connectivity index is 2.48. The van der Waals surface area contributed by atoms with E-state index in [0.717, 1.165) is 36.6 Å². The zero-order chi connectivity index (χ0) is 17.2. The quantitative estimate of drug-likeness (QED) is 0.627. The van der Waals surface area contributed by atoms with E-state index >= 15 is 0 Å². The molecule has 0 unspecified atom stereocenters. The van der Waals surface area contributed by atoms with Crippen molar-refractivity contribution < 1.29 is 22.5 Å². The van der Waals surface area contributed by atoms with Gasteiger partial charge in [-0.2, -0.15) is 5.26 Å². The maximum atomic E-state index is 13.8. The molecule has 0 radical (unpaired) electrons. The molecule has 0 atom stereocenters. The van der Waals surface area contributed by atoms with Gasteiger partial charge in [0.05, 0.1) is 21.5 Å². The van der Waals surface area contributed by atoms with E-state index in [1.165, 1.54) is 6.07 Å². The highest BCUT2D eigenvalue weighted by Gasteiger charge is 2.21. The Bertz CT molecular complexity index is 935. The molecule has 0 saturated carbocycles. The van der Waals surface area contributed by atoms with Crippen molar-refractivity contribution in [1.29, 1.82) is 5.26 Å². The van der Waals surface area contributed by atoms with Gasteiger partial charge in [0, 0.05) is 12.3 Å². The number of nitriles is 1. The topological polar surface area (TPSA) is 110 Å². The number of hydrogen-bond donors (Lipinski definition) is 0. The number of nitro benzene ring substituents is 1. The Hall–Kier alpha value is -2.99. The standard InChI is InChI=1S/C14H9FN2O5S/c1-23(20,21)10-3-5-14(12(7-10)17(18)19)22-13-4-2-9(8-16)6-11(13)15/h2-7H,1H3. The minimum absolute atomic E-state index is 0.0665. The van der Waals surface area contributed by atoms with E-state index in [1.54, 1.807) is 6.07 Å². The van der Waals surface area contributed by atoms with Crippen LogP contribution >= 0.6 is 0 Å². The van der Waals surface area contributed by atoms with Crippen molar-refractivity contribution in [1.82, 2.24) is 0 Å². The molecule has 7 nitrogen and oxygen atoms in total. The van der Waals surface area contributed by atoms with Crippen LogP contribution in [0, 0.1) is 27.3 Å². The number of sulfone groups is 1. The van der Waals surface area contributed by atoms with Crippen LogP contribution in [0.3, 0.4) is 0 Å². The highest BCUT2D eigenvalue weighted by Crippen LogP contribution is 2.34. The lowest BCUT2D eigenvalue weighted by atomic mass is 10.2. The minimum Gasteiger partial charge on any atom is -0.447 e. The van der Waals surface area contributed by atoms with Gasteiger partial charge in [-0.1, -0.05) is 0 Å². The summed E-state index contributed by atoms with van der Waals surface area (Å²) in [6, 6.07) is 8.15. The highest BCUT2D eigenvalue weighted by molar-refractivity contribution is 7.90. The molecule has 2 aromatic carbocycles. The Labute approximate surface area is 130 Å². The summed E-state index contributed by atoms with van der Waals surface area (Å²) in [7, 11) is -3.64. The molecule has 2 rings (SSSR count). The van der Waals surface area contributed by atoms with Gasteiger partial charge in [0.2, 0.25) is 5.75 Å². The van der Waals surface area contributed by atoms with Crippen LogP contribution in [-0.2, 0) is 9.84 Å². The summed E-state index contributed by atoms with van der Waals surface area (Å²) in [4.78, 5) is 9.99. The van der Waals surface area contributed by atoms with Crippen molar-refractivity contribution >= 4 is 15.5 Å². The minimum atomic E-state index is -3.64. The first kappa shape index (κ1) is 16.4. The summed E-state index contributed by atoms with van der Waals surface area (Å²) in [5.41, 5.74) is -0.548. The van der Waals surface area contributed by atoms with Gasteiger partial charge < -0.3 is 4.74 Å². The van der Waals surface area contributed by atoms with Crippen LogP contribution in [0.25, 0.3) is 0 Å². The van der Waals surface area contributed by atoms with Crippen LogP contribution < -0.4 is 4.74 Å². The molecule has 0 saturated heterocycles. The molecule has 2 aromatic rings. The lowest BCUT2D eigenvalue weighted by Gasteiger charge is -2.08. The smallest absolute Gasteiger partial charge is 0.312 e. The molecule has 0 aromatic heterocycles. The number of hydrogen-bond acceptors (Lipinski definition) is 6. The van der Waals surface area contributed by atoms with Crippen molar-refractivity contribution in [2.24, 2.45) is 0 Å². The fourth-order valence-corrected chi connectivity index (χ4v) is 2.37. The molecule has 23 heavy (non-hydrogen) atoms. The van der Waals surface area contributed by atoms with E-state index < -0.39 is 26.3 Å². The third-order valence-corrected chi connectivity index (χ3v) is 3.95. The highest BCUT2D eigenvalue weighted by atomic mass is 32.2. The first-order valence-corrected chi connectivity index (χ1v) is 7.97. The van der Waals surface area contributed by atoms with E-state index in [-0.39, 0.29) is 22.0 Å². The maximum Gasteiger partial charge on any atom is 0.312 e. The largest absolute Gasteiger partial charge is 0.447 e. The van der Waals surface area contributed by atoms with Crippen molar-refractivity contribution in [3.8, 4) is 17.6 Å². The number of rotatable bonds is 4. The molecule has 9 heteroatoms. The SMILES string of the molecule is CS(=O)(=O)c1ccc(Oc2ccc(C#N)cc2F)c([N+](=O)[O-])c1. The monoisotopic (exact) mass is 336 g/mol. The summed E-state index contributed by atoms with van der Waals surface area (Å²) < 4.78 is 41.8. The van der Waals surface area contributed by atoms with Gasteiger partial charge in [-0.05, 0) is 30.3 Å². The van der Waals surface area contributed by atoms with E-state index in [4.69, 9.17) is 10.00 Å². The molecule has 0 heterocycles. The number of nitro groups is 1. The van der Waals surface area contributed by atoms with E-state index in [1.807, 2.05) is 0 Å². The first-order chi connectivity index (χ1) is 10.7. The van der Waals surface area contributed by atoms with E-state index in [0.29, 0.717) is 0 Å². The molecule has 0 fully saturated rings. The number of ether oxygens (including phenoxy) is 1. The molecule has 118 valence electrons. The Morgan fingerprint density at radius 2 is 1.87 bits per heavy atom. The van der Waals surface area contributed by atoms with Crippen LogP contribution in [0.15, 0.2) is 41.3 Å². The summed E-state index contributed by atoms with van der Waals surface area (Å²) in [6.07, 6.45) is 0.910. The third kappa shape index (κ3) is 3.61. The molecule has 0 amide bonds. The lowest BCUT2D eigenvalue weighted by Crippen LogP contribution is -2.00. The molecule has 0 spiro atoms. The summed E-state index contributed by atoms with van der Waals surface area (Å²) >= 11 is 0. The fraction of sp³-hybridized carbons (Fsp3) is 0.0714. The van der Waals surface area contributed by atoms with E-state index in [2.05, 4.69) is 0 Å². The Morgan fingerprint density at radius 1 is 1.22 bits per heavy atom. The zero-order valence-corrected chi connectivity index (χ0v) is 12.5. The first-order valence-electron chi connectivity index (χ1n) is 6.08. The van der Waals surface area contributed by atoms with Gasteiger partial charge in [0.1, 0.15) is 0 Å². The number of nitrogens with zero attached hydrogens (tertiary/aromatic N) is 2. The molecule has 0 N–H and O–H groups in total. The molecule has 0 aliphatic carbocycles. The van der Waals surface area contributed by atoms with Gasteiger partial charge in [-0.25, -0.2) is 12.8 Å². The molecule has 0 aliphatic rings. The third-order valence-electron chi connectivity index (χ3n) is 2.84. The molecular formula is C14H9FN2O5S. The van der Waals surface area contributed by atoms with Gasteiger partial charge >= 0.3 is 5.69 Å².